The molecule has 2 aromatic carbocycles. The number of methoxy groups -OCH3 is 1. The van der Waals surface area contributed by atoms with Crippen molar-refractivity contribution in [3.05, 3.63) is 59.3 Å². The molecule has 1 aliphatic carbocycles. The van der Waals surface area contributed by atoms with Gasteiger partial charge in [-0.2, -0.15) is 10.3 Å². The summed E-state index contributed by atoms with van der Waals surface area (Å²) in [4.78, 5) is 21.3. The van der Waals surface area contributed by atoms with Crippen LogP contribution in [0.3, 0.4) is 0 Å². The highest BCUT2D eigenvalue weighted by molar-refractivity contribution is 7.18. The summed E-state index contributed by atoms with van der Waals surface area (Å²) in [5.41, 5.74) is 5.37. The number of aromatic nitrogens is 1. The maximum absolute atomic E-state index is 11.6. The number of fused-ring (bicyclic) bond motifs is 1. The third-order valence-electron chi connectivity index (χ3n) is 4.98. The van der Waals surface area contributed by atoms with E-state index in [9.17, 15) is 10.1 Å². The highest BCUT2D eigenvalue weighted by atomic mass is 32.1. The minimum atomic E-state index is -0.577. The molecule has 3 aromatic rings. The Hall–Kier alpha value is -3.50. The summed E-state index contributed by atoms with van der Waals surface area (Å²) in [5, 5.41) is 10.3. The molecule has 0 unspecified atom stereocenters. The fraction of sp³-hybridized carbons (Fsp3) is 0.250. The van der Waals surface area contributed by atoms with Gasteiger partial charge in [0.25, 0.3) is 0 Å². The number of benzene rings is 2. The van der Waals surface area contributed by atoms with E-state index in [1.807, 2.05) is 50.4 Å². The van der Waals surface area contributed by atoms with E-state index in [1.54, 1.807) is 11.3 Å². The smallest absolute Gasteiger partial charge is 0.433 e. The number of hydrogen-bond donors (Lipinski definition) is 0. The molecule has 4 rings (SSSR count). The van der Waals surface area contributed by atoms with Gasteiger partial charge in [0.05, 0.1) is 29.4 Å². The zero-order valence-electron chi connectivity index (χ0n) is 17.5. The van der Waals surface area contributed by atoms with Crippen molar-refractivity contribution in [1.29, 1.82) is 5.26 Å². The number of rotatable bonds is 4. The van der Waals surface area contributed by atoms with Gasteiger partial charge in [0, 0.05) is 17.3 Å². The summed E-state index contributed by atoms with van der Waals surface area (Å²) in [6.07, 6.45) is 2.80. The van der Waals surface area contributed by atoms with Crippen molar-refractivity contribution in [3.63, 3.8) is 0 Å². The van der Waals surface area contributed by atoms with Crippen molar-refractivity contribution in [2.24, 2.45) is 4.99 Å². The fourth-order valence-electron chi connectivity index (χ4n) is 3.65. The number of ether oxygens (including phenoxy) is 2. The molecule has 1 heterocycles. The van der Waals surface area contributed by atoms with Gasteiger partial charge in [-0.1, -0.05) is 18.2 Å². The molecule has 0 spiro atoms. The van der Waals surface area contributed by atoms with Crippen LogP contribution in [-0.2, 0) is 11.2 Å². The van der Waals surface area contributed by atoms with E-state index in [1.165, 1.54) is 12.7 Å². The van der Waals surface area contributed by atoms with E-state index in [0.29, 0.717) is 17.7 Å². The van der Waals surface area contributed by atoms with E-state index in [2.05, 4.69) is 26.8 Å². The molecule has 0 radical (unpaired) electrons. The molecule has 0 atom stereocenters. The topological polar surface area (TPSA) is 84.6 Å². The van der Waals surface area contributed by atoms with E-state index in [-0.39, 0.29) is 6.10 Å². The first-order valence-corrected chi connectivity index (χ1v) is 10.8. The van der Waals surface area contributed by atoms with Gasteiger partial charge in [0.2, 0.25) is 0 Å². The lowest BCUT2D eigenvalue weighted by molar-refractivity contribution is 0.182. The Labute approximate surface area is 184 Å². The van der Waals surface area contributed by atoms with E-state index >= 15 is 0 Å². The Morgan fingerprint density at radius 1 is 1.23 bits per heavy atom. The standard InChI is InChI=1S/C24H21N3O3S/c1-14(2)30-21-10-7-15(11-16(21)12-25)23-26-13-22(31-23)19-6-4-5-18-17(19)8-9-20(18)27-24(28)29-3/h4-7,10-11,13-14H,8-9H2,1-3H3/b27-20-. The first-order valence-electron chi connectivity index (χ1n) is 9.95. The van der Waals surface area contributed by atoms with Crippen LogP contribution in [0.1, 0.15) is 37.0 Å². The number of nitriles is 1. The maximum Gasteiger partial charge on any atom is 0.433 e. The number of aliphatic imine (C=N–C) groups is 1. The third kappa shape index (κ3) is 4.21. The van der Waals surface area contributed by atoms with Crippen LogP contribution in [0.25, 0.3) is 21.0 Å². The molecule has 0 fully saturated rings. The summed E-state index contributed by atoms with van der Waals surface area (Å²) in [6, 6.07) is 13.8. The van der Waals surface area contributed by atoms with Gasteiger partial charge in [0.15, 0.2) is 0 Å². The first kappa shape index (κ1) is 20.8. The van der Waals surface area contributed by atoms with Crippen molar-refractivity contribution in [2.45, 2.75) is 32.8 Å². The summed E-state index contributed by atoms with van der Waals surface area (Å²) < 4.78 is 10.4. The maximum atomic E-state index is 11.6. The average molecular weight is 432 g/mol. The van der Waals surface area contributed by atoms with Crippen LogP contribution in [-0.4, -0.2) is 30.0 Å². The summed E-state index contributed by atoms with van der Waals surface area (Å²) >= 11 is 1.57. The molecule has 7 heteroatoms. The fourth-order valence-corrected chi connectivity index (χ4v) is 4.61. The number of thiazole rings is 1. The molecule has 0 bridgehead atoms. The quantitative estimate of drug-likeness (QED) is 0.534. The van der Waals surface area contributed by atoms with Crippen LogP contribution >= 0.6 is 11.3 Å². The lowest BCUT2D eigenvalue weighted by atomic mass is 10.0. The number of hydrogen-bond acceptors (Lipinski definition) is 6. The molecule has 31 heavy (non-hydrogen) atoms. The van der Waals surface area contributed by atoms with Gasteiger partial charge in [-0.25, -0.2) is 9.78 Å². The van der Waals surface area contributed by atoms with Crippen LogP contribution < -0.4 is 4.74 Å². The van der Waals surface area contributed by atoms with E-state index in [0.717, 1.165) is 38.7 Å². The molecular weight excluding hydrogens is 410 g/mol. The zero-order valence-corrected chi connectivity index (χ0v) is 18.3. The second kappa shape index (κ2) is 8.70. The van der Waals surface area contributed by atoms with Gasteiger partial charge < -0.3 is 9.47 Å². The van der Waals surface area contributed by atoms with Crippen molar-refractivity contribution in [3.8, 4) is 32.8 Å². The van der Waals surface area contributed by atoms with Crippen molar-refractivity contribution < 1.29 is 14.3 Å². The summed E-state index contributed by atoms with van der Waals surface area (Å²) in [6.45, 7) is 3.86. The molecular formula is C24H21N3O3S. The Kier molecular flexibility index (Phi) is 5.83. The molecule has 0 N–H and O–H groups in total. The zero-order chi connectivity index (χ0) is 22.0. The van der Waals surface area contributed by atoms with Gasteiger partial charge in [-0.05, 0) is 56.0 Å². The van der Waals surface area contributed by atoms with Crippen LogP contribution in [0.5, 0.6) is 5.75 Å². The molecule has 6 nitrogen and oxygen atoms in total. The molecule has 0 saturated carbocycles. The van der Waals surface area contributed by atoms with Crippen molar-refractivity contribution in [1.82, 2.24) is 4.98 Å². The predicted molar refractivity (Wildman–Crippen MR) is 121 cm³/mol. The minimum Gasteiger partial charge on any atom is -0.490 e. The number of amides is 1. The lowest BCUT2D eigenvalue weighted by Gasteiger charge is -2.11. The van der Waals surface area contributed by atoms with Crippen molar-refractivity contribution >= 4 is 23.1 Å². The molecule has 0 saturated heterocycles. The number of carbonyl (C=O) groups excluding carboxylic acids is 1. The molecule has 1 aromatic heterocycles. The normalized spacial score (nSPS) is 13.8. The lowest BCUT2D eigenvalue weighted by Crippen LogP contribution is -2.06. The Morgan fingerprint density at radius 2 is 2.03 bits per heavy atom. The highest BCUT2D eigenvalue weighted by Gasteiger charge is 2.23. The van der Waals surface area contributed by atoms with Gasteiger partial charge >= 0.3 is 6.09 Å². The van der Waals surface area contributed by atoms with Gasteiger partial charge in [0.1, 0.15) is 16.8 Å². The molecule has 0 aliphatic heterocycles. The second-order valence-electron chi connectivity index (χ2n) is 7.38. The highest BCUT2D eigenvalue weighted by Crippen LogP contribution is 2.38. The predicted octanol–water partition coefficient (Wildman–Crippen LogP) is 5.64. The molecule has 1 aliphatic rings. The number of carbonyl (C=O) groups is 1. The van der Waals surface area contributed by atoms with Crippen LogP contribution in [0.2, 0.25) is 0 Å². The Bertz CT molecular complexity index is 1220. The first-order chi connectivity index (χ1) is 15.0. The van der Waals surface area contributed by atoms with Gasteiger partial charge in [-0.3, -0.25) is 0 Å². The van der Waals surface area contributed by atoms with E-state index in [4.69, 9.17) is 4.74 Å². The molecule has 156 valence electrons. The Balaban J connectivity index is 1.68. The largest absolute Gasteiger partial charge is 0.490 e. The van der Waals surface area contributed by atoms with Gasteiger partial charge in [-0.15, -0.1) is 11.3 Å². The third-order valence-corrected chi connectivity index (χ3v) is 6.06. The minimum absolute atomic E-state index is 0.00259. The Morgan fingerprint density at radius 3 is 2.77 bits per heavy atom. The SMILES string of the molecule is COC(=O)/N=C1/CCc2c1cccc2-c1cnc(-c2ccc(OC(C)C)c(C#N)c2)s1. The average Bonchev–Trinajstić information content (AvgIpc) is 3.41. The van der Waals surface area contributed by atoms with Crippen LogP contribution in [0.15, 0.2) is 47.6 Å². The van der Waals surface area contributed by atoms with E-state index < -0.39 is 6.09 Å². The number of nitrogens with zero attached hydrogens (tertiary/aromatic N) is 3. The monoisotopic (exact) mass is 431 g/mol. The van der Waals surface area contributed by atoms with Crippen molar-refractivity contribution in [2.75, 3.05) is 7.11 Å². The molecule has 1 amide bonds. The summed E-state index contributed by atoms with van der Waals surface area (Å²) in [5.74, 6) is 0.580. The van der Waals surface area contributed by atoms with Crippen LogP contribution in [0, 0.1) is 11.3 Å². The summed E-state index contributed by atoms with van der Waals surface area (Å²) in [7, 11) is 1.33. The second-order valence-corrected chi connectivity index (χ2v) is 8.41. The van der Waals surface area contributed by atoms with Crippen LogP contribution in [0.4, 0.5) is 4.79 Å².